The summed E-state index contributed by atoms with van der Waals surface area (Å²) in [6, 6.07) is 5.47. The summed E-state index contributed by atoms with van der Waals surface area (Å²) in [5.41, 5.74) is 4.20. The molecule has 0 radical (unpaired) electrons. The molecule has 1 aliphatic rings. The van der Waals surface area contributed by atoms with Crippen molar-refractivity contribution in [2.45, 2.75) is 6.54 Å². The standard InChI is InChI=1S/C17H18N6O4/c1-21-14-13(15(24)22(2)17(21)25)23-8-10(19-20-16(23)18-14)9-5-6-11(26-3)12(7-9)27-4/h5-7H,8H2,1-4H3,(H,18,20). The van der Waals surface area contributed by atoms with Crippen molar-refractivity contribution in [3.8, 4) is 11.5 Å². The summed E-state index contributed by atoms with van der Waals surface area (Å²) in [7, 11) is 6.16. The van der Waals surface area contributed by atoms with E-state index in [9.17, 15) is 9.59 Å². The first-order chi connectivity index (χ1) is 13.0. The molecule has 0 fully saturated rings. The third-order valence-corrected chi connectivity index (χ3v) is 4.66. The minimum atomic E-state index is -0.427. The van der Waals surface area contributed by atoms with E-state index >= 15 is 0 Å². The Kier molecular flexibility index (Phi) is 3.76. The number of hydrogen-bond donors (Lipinski definition) is 1. The van der Waals surface area contributed by atoms with Gasteiger partial charge in [0.05, 0.1) is 26.5 Å². The largest absolute Gasteiger partial charge is 0.493 e. The van der Waals surface area contributed by atoms with E-state index in [1.54, 1.807) is 31.9 Å². The molecule has 0 amide bonds. The number of hydrazone groups is 1. The Balaban J connectivity index is 1.84. The molecule has 1 N–H and O–H groups in total. The highest BCUT2D eigenvalue weighted by atomic mass is 16.5. The van der Waals surface area contributed by atoms with Crippen LogP contribution in [0.3, 0.4) is 0 Å². The SMILES string of the molecule is COc1ccc(C2=NNc3nc4c(c(=O)n(C)c(=O)n4C)n3C2)cc1OC. The van der Waals surface area contributed by atoms with Gasteiger partial charge in [-0.25, -0.2) is 10.2 Å². The van der Waals surface area contributed by atoms with Crippen LogP contribution in [0.1, 0.15) is 5.56 Å². The first kappa shape index (κ1) is 16.9. The number of ether oxygens (including phenoxy) is 2. The monoisotopic (exact) mass is 370 g/mol. The molecule has 0 saturated heterocycles. The minimum Gasteiger partial charge on any atom is -0.493 e. The molecule has 140 valence electrons. The highest BCUT2D eigenvalue weighted by molar-refractivity contribution is 6.03. The number of aryl methyl sites for hydroxylation is 1. The normalized spacial score (nSPS) is 13.1. The second-order valence-electron chi connectivity index (χ2n) is 6.14. The number of benzene rings is 1. The maximum Gasteiger partial charge on any atom is 0.332 e. The van der Waals surface area contributed by atoms with Crippen LogP contribution in [0, 0.1) is 0 Å². The van der Waals surface area contributed by atoms with E-state index in [0.29, 0.717) is 40.9 Å². The van der Waals surface area contributed by atoms with Crippen molar-refractivity contribution in [3.05, 3.63) is 44.6 Å². The van der Waals surface area contributed by atoms with E-state index < -0.39 is 11.2 Å². The van der Waals surface area contributed by atoms with Gasteiger partial charge in [-0.3, -0.25) is 18.5 Å². The van der Waals surface area contributed by atoms with Crippen molar-refractivity contribution < 1.29 is 9.47 Å². The van der Waals surface area contributed by atoms with Crippen LogP contribution in [0.2, 0.25) is 0 Å². The molecule has 0 saturated carbocycles. The van der Waals surface area contributed by atoms with Gasteiger partial charge in [0.15, 0.2) is 22.7 Å². The molecular weight excluding hydrogens is 352 g/mol. The van der Waals surface area contributed by atoms with Gasteiger partial charge >= 0.3 is 5.69 Å². The zero-order valence-corrected chi connectivity index (χ0v) is 15.3. The van der Waals surface area contributed by atoms with Gasteiger partial charge in [-0.15, -0.1) is 0 Å². The van der Waals surface area contributed by atoms with Crippen LogP contribution >= 0.6 is 0 Å². The number of nitrogens with one attached hydrogen (secondary N) is 1. The summed E-state index contributed by atoms with van der Waals surface area (Å²) in [5, 5.41) is 4.36. The lowest BCUT2D eigenvalue weighted by molar-refractivity contribution is 0.355. The Hall–Kier alpha value is -3.56. The topological polar surface area (TPSA) is 105 Å². The first-order valence-corrected chi connectivity index (χ1v) is 8.17. The smallest absolute Gasteiger partial charge is 0.332 e. The number of methoxy groups -OCH3 is 2. The summed E-state index contributed by atoms with van der Waals surface area (Å²) in [4.78, 5) is 29.1. The molecule has 4 rings (SSSR count). The lowest BCUT2D eigenvalue weighted by Crippen LogP contribution is -2.38. The van der Waals surface area contributed by atoms with E-state index in [2.05, 4.69) is 15.5 Å². The van der Waals surface area contributed by atoms with Crippen LogP contribution in [-0.2, 0) is 20.6 Å². The van der Waals surface area contributed by atoms with Gasteiger partial charge in [0.2, 0.25) is 5.95 Å². The van der Waals surface area contributed by atoms with Crippen LogP contribution in [-0.4, -0.2) is 38.6 Å². The van der Waals surface area contributed by atoms with Crippen molar-refractivity contribution >= 4 is 22.8 Å². The van der Waals surface area contributed by atoms with Gasteiger partial charge in [-0.2, -0.15) is 10.1 Å². The lowest BCUT2D eigenvalue weighted by atomic mass is 10.1. The van der Waals surface area contributed by atoms with E-state index in [4.69, 9.17) is 9.47 Å². The van der Waals surface area contributed by atoms with Gasteiger partial charge in [-0.1, -0.05) is 0 Å². The summed E-state index contributed by atoms with van der Waals surface area (Å²) in [6.07, 6.45) is 0. The average molecular weight is 370 g/mol. The fourth-order valence-electron chi connectivity index (χ4n) is 3.16. The summed E-state index contributed by atoms with van der Waals surface area (Å²) in [5.74, 6) is 1.60. The fourth-order valence-corrected chi connectivity index (χ4v) is 3.16. The van der Waals surface area contributed by atoms with Gasteiger partial charge in [0, 0.05) is 19.7 Å². The molecule has 1 aromatic carbocycles. The molecule has 3 heterocycles. The van der Waals surface area contributed by atoms with Crippen LogP contribution in [0.5, 0.6) is 11.5 Å². The maximum absolute atomic E-state index is 12.6. The predicted octanol–water partition coefficient (Wildman–Crippen LogP) is 0.281. The zero-order valence-electron chi connectivity index (χ0n) is 15.3. The van der Waals surface area contributed by atoms with Crippen LogP contribution in [0.25, 0.3) is 11.2 Å². The number of fused-ring (bicyclic) bond motifs is 3. The Bertz CT molecular complexity index is 1220. The molecule has 10 nitrogen and oxygen atoms in total. The first-order valence-electron chi connectivity index (χ1n) is 8.17. The lowest BCUT2D eigenvalue weighted by Gasteiger charge is -2.17. The van der Waals surface area contributed by atoms with Crippen molar-refractivity contribution in [2.75, 3.05) is 19.6 Å². The number of hydrogen-bond acceptors (Lipinski definition) is 7. The Morgan fingerprint density at radius 1 is 1.07 bits per heavy atom. The van der Waals surface area contributed by atoms with E-state index in [0.717, 1.165) is 10.1 Å². The molecule has 27 heavy (non-hydrogen) atoms. The zero-order chi connectivity index (χ0) is 19.3. The average Bonchev–Trinajstić information content (AvgIpc) is 3.09. The maximum atomic E-state index is 12.6. The highest BCUT2D eigenvalue weighted by Crippen LogP contribution is 2.29. The van der Waals surface area contributed by atoms with Crippen molar-refractivity contribution in [1.29, 1.82) is 0 Å². The van der Waals surface area contributed by atoms with Crippen LogP contribution in [0.15, 0.2) is 32.9 Å². The quantitative estimate of drug-likeness (QED) is 0.710. The van der Waals surface area contributed by atoms with Crippen molar-refractivity contribution in [3.63, 3.8) is 0 Å². The molecule has 10 heteroatoms. The predicted molar refractivity (Wildman–Crippen MR) is 99.9 cm³/mol. The van der Waals surface area contributed by atoms with Crippen molar-refractivity contribution in [2.24, 2.45) is 19.2 Å². The van der Waals surface area contributed by atoms with Gasteiger partial charge in [0.25, 0.3) is 5.56 Å². The summed E-state index contributed by atoms with van der Waals surface area (Å²) >= 11 is 0. The molecule has 0 atom stereocenters. The molecule has 0 bridgehead atoms. The Morgan fingerprint density at radius 3 is 2.52 bits per heavy atom. The number of anilines is 1. The number of rotatable bonds is 3. The van der Waals surface area contributed by atoms with Crippen LogP contribution < -0.4 is 26.1 Å². The third kappa shape index (κ3) is 2.40. The molecular formula is C17H18N6O4. The minimum absolute atomic E-state index is 0.314. The Labute approximate surface area is 153 Å². The van der Waals surface area contributed by atoms with E-state index in [1.165, 1.54) is 11.6 Å². The fraction of sp³-hybridized carbons (Fsp3) is 0.294. The molecule has 2 aromatic heterocycles. The second-order valence-corrected chi connectivity index (χ2v) is 6.14. The summed E-state index contributed by atoms with van der Waals surface area (Å²) in [6.45, 7) is 0.321. The van der Waals surface area contributed by atoms with Crippen molar-refractivity contribution in [1.82, 2.24) is 18.7 Å². The summed E-state index contributed by atoms with van der Waals surface area (Å²) < 4.78 is 14.7. The molecule has 1 aliphatic heterocycles. The molecule has 0 unspecified atom stereocenters. The number of aromatic nitrogens is 4. The van der Waals surface area contributed by atoms with E-state index in [-0.39, 0.29) is 0 Å². The third-order valence-electron chi connectivity index (χ3n) is 4.66. The van der Waals surface area contributed by atoms with Gasteiger partial charge in [0.1, 0.15) is 0 Å². The highest BCUT2D eigenvalue weighted by Gasteiger charge is 2.23. The van der Waals surface area contributed by atoms with Crippen LogP contribution in [0.4, 0.5) is 5.95 Å². The van der Waals surface area contributed by atoms with Gasteiger partial charge in [-0.05, 0) is 18.2 Å². The molecule has 3 aromatic rings. The second kappa shape index (κ2) is 6.01. The van der Waals surface area contributed by atoms with Gasteiger partial charge < -0.3 is 9.47 Å². The number of imidazole rings is 1. The van der Waals surface area contributed by atoms with E-state index in [1.807, 2.05) is 12.1 Å². The number of nitrogens with zero attached hydrogens (tertiary/aromatic N) is 5. The Morgan fingerprint density at radius 2 is 1.81 bits per heavy atom. The molecule has 0 spiro atoms. The molecule has 0 aliphatic carbocycles.